The van der Waals surface area contributed by atoms with E-state index in [1.54, 1.807) is 0 Å². The molecule has 0 fully saturated rings. The van der Waals surface area contributed by atoms with Crippen molar-refractivity contribution in [2.75, 3.05) is 0 Å². The number of unbranched alkanes of at least 4 members (excludes halogenated alkanes) is 1. The van der Waals surface area contributed by atoms with Crippen molar-refractivity contribution in [2.24, 2.45) is 0 Å². The molecular weight excluding hydrogens is 560 g/mol. The van der Waals surface area contributed by atoms with Crippen molar-refractivity contribution in [3.63, 3.8) is 0 Å². The van der Waals surface area contributed by atoms with E-state index in [9.17, 15) is 52.7 Å². The first-order valence-electron chi connectivity index (χ1n) is 10.9. The Morgan fingerprint density at radius 3 is 1.49 bits per heavy atom. The van der Waals surface area contributed by atoms with Crippen molar-refractivity contribution >= 4 is 0 Å². The Hall–Kier alpha value is -3.58. The molecule has 3 aromatic rings. The smallest absolute Gasteiger partial charge is 0.429 e. The topological polar surface area (TPSA) is 18.5 Å². The van der Waals surface area contributed by atoms with Crippen molar-refractivity contribution in [1.29, 1.82) is 0 Å². The lowest BCUT2D eigenvalue weighted by molar-refractivity contribution is -0.191. The summed E-state index contributed by atoms with van der Waals surface area (Å²) in [5, 5.41) is 0. The van der Waals surface area contributed by atoms with Crippen LogP contribution in [-0.2, 0) is 24.8 Å². The Labute approximate surface area is 212 Å². The molecule has 0 amide bonds. The van der Waals surface area contributed by atoms with Crippen LogP contribution in [0.2, 0.25) is 0 Å². The van der Waals surface area contributed by atoms with Crippen molar-refractivity contribution in [3.8, 4) is 11.5 Å². The maximum Gasteiger partial charge on any atom is 0.432 e. The highest BCUT2D eigenvalue weighted by atomic mass is 19.4. The summed E-state index contributed by atoms with van der Waals surface area (Å²) < 4.78 is 174. The van der Waals surface area contributed by atoms with E-state index in [0.29, 0.717) is 24.5 Å². The Bertz CT molecular complexity index is 1310. The van der Waals surface area contributed by atoms with Crippen LogP contribution >= 0.6 is 0 Å². The fourth-order valence-electron chi connectivity index (χ4n) is 3.50. The lowest BCUT2D eigenvalue weighted by Crippen LogP contribution is -2.27. The van der Waals surface area contributed by atoms with Gasteiger partial charge in [0, 0.05) is 24.3 Å². The molecule has 0 saturated heterocycles. The zero-order chi connectivity index (χ0) is 29.3. The maximum atomic E-state index is 14.5. The first-order chi connectivity index (χ1) is 18.0. The predicted molar refractivity (Wildman–Crippen MR) is 112 cm³/mol. The zero-order valence-corrected chi connectivity index (χ0v) is 19.5. The molecule has 0 heterocycles. The van der Waals surface area contributed by atoms with Crippen molar-refractivity contribution < 1.29 is 62.2 Å². The summed E-state index contributed by atoms with van der Waals surface area (Å²) >= 11 is 0. The molecule has 0 bridgehead atoms. The Balaban J connectivity index is 1.88. The lowest BCUT2D eigenvalue weighted by atomic mass is 10.1. The van der Waals surface area contributed by atoms with Gasteiger partial charge in [-0.25, -0.2) is 22.0 Å². The molecule has 0 unspecified atom stereocenters. The summed E-state index contributed by atoms with van der Waals surface area (Å²) in [7, 11) is 0. The summed E-state index contributed by atoms with van der Waals surface area (Å²) in [6.07, 6.45) is -13.4. The van der Waals surface area contributed by atoms with E-state index in [2.05, 4.69) is 9.47 Å². The van der Waals surface area contributed by atoms with Crippen LogP contribution in [0.15, 0.2) is 42.5 Å². The second-order valence-electron chi connectivity index (χ2n) is 8.18. The number of hydrogen-bond acceptors (Lipinski definition) is 2. The van der Waals surface area contributed by atoms with Crippen LogP contribution in [0.25, 0.3) is 0 Å². The van der Waals surface area contributed by atoms with Gasteiger partial charge in [-0.1, -0.05) is 19.4 Å². The van der Waals surface area contributed by atoms with Crippen LogP contribution in [0.4, 0.5) is 52.7 Å². The van der Waals surface area contributed by atoms with Gasteiger partial charge in [0.1, 0.15) is 51.7 Å². The van der Waals surface area contributed by atoms with Crippen LogP contribution < -0.4 is 9.47 Å². The zero-order valence-electron chi connectivity index (χ0n) is 19.5. The Morgan fingerprint density at radius 2 is 1.05 bits per heavy atom. The molecule has 0 aliphatic heterocycles. The second-order valence-corrected chi connectivity index (χ2v) is 8.18. The summed E-state index contributed by atoms with van der Waals surface area (Å²) in [4.78, 5) is 0. The number of aryl methyl sites for hydroxylation is 1. The van der Waals surface area contributed by atoms with Gasteiger partial charge < -0.3 is 9.47 Å². The molecule has 0 aliphatic rings. The van der Waals surface area contributed by atoms with Gasteiger partial charge in [0.05, 0.1) is 5.56 Å². The molecule has 0 spiro atoms. The SMILES string of the molecule is CCCCc1ccc(C(F)(F)Oc2cc(F)c(C(F)(F)Oc3cc(F)c(C(F)(F)F)c(F)c3)c(F)c2)c(F)c1. The molecule has 0 N–H and O–H groups in total. The van der Waals surface area contributed by atoms with Crippen molar-refractivity contribution in [3.05, 3.63) is 93.8 Å². The minimum atomic E-state index is -5.54. The molecule has 14 heteroatoms. The van der Waals surface area contributed by atoms with Crippen LogP contribution in [-0.4, -0.2) is 0 Å². The van der Waals surface area contributed by atoms with Crippen LogP contribution in [0.5, 0.6) is 11.5 Å². The third-order valence-electron chi connectivity index (χ3n) is 5.26. The fraction of sp³-hybridized carbons (Fsp3) is 0.280. The largest absolute Gasteiger partial charge is 0.432 e. The van der Waals surface area contributed by atoms with E-state index in [0.717, 1.165) is 12.5 Å². The van der Waals surface area contributed by atoms with Crippen LogP contribution in [0, 0.1) is 29.1 Å². The monoisotopic (exact) mass is 576 g/mol. The molecule has 0 atom stereocenters. The van der Waals surface area contributed by atoms with Gasteiger partial charge >= 0.3 is 18.4 Å². The van der Waals surface area contributed by atoms with Crippen molar-refractivity contribution in [2.45, 2.75) is 44.6 Å². The molecule has 212 valence electrons. The standard InChI is InChI=1S/C25H16F12O2/c1-2-3-4-12-5-6-15(16(26)7-12)24(34,35)38-13-10-19(29)22(20(30)11-13)25(36,37)39-14-8-17(27)21(18(28)9-14)23(31,32)33/h5-11H,2-4H2,1H3. The first-order valence-corrected chi connectivity index (χ1v) is 10.9. The van der Waals surface area contributed by atoms with E-state index in [-0.39, 0.29) is 24.3 Å². The molecule has 2 nitrogen and oxygen atoms in total. The summed E-state index contributed by atoms with van der Waals surface area (Å²) in [5.74, 6) is -13.5. The normalized spacial score (nSPS) is 12.5. The van der Waals surface area contributed by atoms with E-state index < -0.39 is 75.7 Å². The molecule has 0 aromatic heterocycles. The lowest BCUT2D eigenvalue weighted by Gasteiger charge is -2.22. The Kier molecular flexibility index (Phi) is 8.37. The number of halogens is 12. The molecule has 3 aromatic carbocycles. The van der Waals surface area contributed by atoms with Gasteiger partial charge in [0.25, 0.3) is 0 Å². The fourth-order valence-corrected chi connectivity index (χ4v) is 3.50. The molecule has 39 heavy (non-hydrogen) atoms. The molecule has 0 saturated carbocycles. The minimum absolute atomic E-state index is 0.120. The number of benzene rings is 3. The second kappa shape index (κ2) is 10.9. The van der Waals surface area contributed by atoms with E-state index in [4.69, 9.17) is 0 Å². The number of ether oxygens (including phenoxy) is 2. The highest BCUT2D eigenvalue weighted by Crippen LogP contribution is 2.41. The van der Waals surface area contributed by atoms with Gasteiger partial charge in [-0.2, -0.15) is 30.7 Å². The van der Waals surface area contributed by atoms with Crippen LogP contribution in [0.3, 0.4) is 0 Å². The van der Waals surface area contributed by atoms with Gasteiger partial charge in [-0.3, -0.25) is 0 Å². The van der Waals surface area contributed by atoms with Gasteiger partial charge in [0.2, 0.25) is 0 Å². The third-order valence-corrected chi connectivity index (χ3v) is 5.26. The third kappa shape index (κ3) is 6.71. The van der Waals surface area contributed by atoms with E-state index in [1.807, 2.05) is 6.92 Å². The Morgan fingerprint density at radius 1 is 0.590 bits per heavy atom. The minimum Gasteiger partial charge on any atom is -0.429 e. The summed E-state index contributed by atoms with van der Waals surface area (Å²) in [6.45, 7) is 1.85. The highest BCUT2D eigenvalue weighted by Gasteiger charge is 2.44. The average molecular weight is 576 g/mol. The summed E-state index contributed by atoms with van der Waals surface area (Å²) in [6, 6.07) is 1.85. The van der Waals surface area contributed by atoms with Gasteiger partial charge in [0.15, 0.2) is 0 Å². The van der Waals surface area contributed by atoms with Crippen molar-refractivity contribution in [1.82, 2.24) is 0 Å². The highest BCUT2D eigenvalue weighted by molar-refractivity contribution is 5.36. The van der Waals surface area contributed by atoms with E-state index >= 15 is 0 Å². The number of hydrogen-bond donors (Lipinski definition) is 0. The molecule has 0 aliphatic carbocycles. The van der Waals surface area contributed by atoms with Gasteiger partial charge in [-0.15, -0.1) is 0 Å². The number of alkyl halides is 7. The first kappa shape index (κ1) is 30.0. The number of rotatable bonds is 9. The predicted octanol–water partition coefficient (Wildman–Crippen LogP) is 9.00. The molecule has 3 rings (SSSR count). The van der Waals surface area contributed by atoms with E-state index in [1.165, 1.54) is 6.07 Å². The summed E-state index contributed by atoms with van der Waals surface area (Å²) in [5.41, 5.74) is -5.59. The quantitative estimate of drug-likeness (QED) is 0.237. The van der Waals surface area contributed by atoms with Crippen LogP contribution in [0.1, 0.15) is 42.0 Å². The molecular formula is C25H16F12O2. The molecule has 0 radical (unpaired) electrons. The average Bonchev–Trinajstić information content (AvgIpc) is 2.74. The maximum absolute atomic E-state index is 14.5. The van der Waals surface area contributed by atoms with Gasteiger partial charge in [-0.05, 0) is 30.5 Å².